The van der Waals surface area contributed by atoms with Gasteiger partial charge in [-0.2, -0.15) is 0 Å². The van der Waals surface area contributed by atoms with E-state index in [1.165, 1.54) is 16.3 Å². The average Bonchev–Trinajstić information content (AvgIpc) is 2.48. The Morgan fingerprint density at radius 1 is 0.842 bits per heavy atom. The fraction of sp³-hybridized carbons (Fsp3) is 0.118. The summed E-state index contributed by atoms with van der Waals surface area (Å²) < 4.78 is 0. The van der Waals surface area contributed by atoms with Crippen molar-refractivity contribution in [2.75, 3.05) is 0 Å². The van der Waals surface area contributed by atoms with Crippen LogP contribution in [0.2, 0.25) is 0 Å². The molecule has 0 aliphatic heterocycles. The van der Waals surface area contributed by atoms with Gasteiger partial charge in [0.1, 0.15) is 0 Å². The van der Waals surface area contributed by atoms with E-state index in [9.17, 15) is 0 Å². The van der Waals surface area contributed by atoms with Crippen LogP contribution >= 0.6 is 0 Å². The van der Waals surface area contributed by atoms with Gasteiger partial charge >= 0.3 is 0 Å². The Balaban J connectivity index is 1.96. The van der Waals surface area contributed by atoms with Gasteiger partial charge in [0.15, 0.2) is 0 Å². The average molecular weight is 249 g/mol. The van der Waals surface area contributed by atoms with Crippen LogP contribution in [-0.4, -0.2) is 10.1 Å². The van der Waals surface area contributed by atoms with Gasteiger partial charge in [-0.3, -0.25) is 4.98 Å². The molecular weight excluding hydrogens is 234 g/mol. The molecule has 1 aromatic heterocycles. The Labute approximate surface area is 112 Å². The molecule has 0 bridgehead atoms. The monoisotopic (exact) mass is 249 g/mol. The number of aliphatic hydroxyl groups is 1. The summed E-state index contributed by atoms with van der Waals surface area (Å²) in [5, 5.41) is 11.5. The minimum atomic E-state index is 0.0901. The number of rotatable bonds is 3. The fourth-order valence-corrected chi connectivity index (χ4v) is 2.28. The second-order valence-electron chi connectivity index (χ2n) is 4.63. The standard InChI is InChI=1S/C17H15NO/c19-12-14-7-5-13(6-8-14)11-17-16-4-2-1-3-15(16)9-10-18-17/h1-10,19H,11-12H2. The first-order chi connectivity index (χ1) is 9.36. The van der Waals surface area contributed by atoms with Crippen molar-refractivity contribution >= 4 is 10.8 Å². The molecule has 1 heterocycles. The van der Waals surface area contributed by atoms with Crippen LogP contribution < -0.4 is 0 Å². The van der Waals surface area contributed by atoms with E-state index in [1.54, 1.807) is 0 Å². The summed E-state index contributed by atoms with van der Waals surface area (Å²) in [6.45, 7) is 0.0901. The van der Waals surface area contributed by atoms with Gasteiger partial charge in [0.2, 0.25) is 0 Å². The van der Waals surface area contributed by atoms with Crippen molar-refractivity contribution < 1.29 is 5.11 Å². The predicted molar refractivity (Wildman–Crippen MR) is 76.9 cm³/mol. The number of fused-ring (bicyclic) bond motifs is 1. The Kier molecular flexibility index (Phi) is 3.25. The van der Waals surface area contributed by atoms with Gasteiger partial charge in [0.25, 0.3) is 0 Å². The number of aliphatic hydroxyl groups excluding tert-OH is 1. The molecule has 0 atom stereocenters. The van der Waals surface area contributed by atoms with Gasteiger partial charge in [-0.05, 0) is 22.6 Å². The molecule has 19 heavy (non-hydrogen) atoms. The Bertz CT molecular complexity index is 684. The van der Waals surface area contributed by atoms with Gasteiger partial charge in [0, 0.05) is 18.0 Å². The number of nitrogens with zero attached hydrogens (tertiary/aromatic N) is 1. The SMILES string of the molecule is OCc1ccc(Cc2nccc3ccccc23)cc1. The highest BCUT2D eigenvalue weighted by atomic mass is 16.3. The van der Waals surface area contributed by atoms with E-state index in [1.807, 2.05) is 36.5 Å². The summed E-state index contributed by atoms with van der Waals surface area (Å²) >= 11 is 0. The highest BCUT2D eigenvalue weighted by Crippen LogP contribution is 2.19. The van der Waals surface area contributed by atoms with Crippen LogP contribution in [0, 0.1) is 0 Å². The van der Waals surface area contributed by atoms with Crippen LogP contribution in [0.25, 0.3) is 10.8 Å². The maximum atomic E-state index is 9.05. The number of pyridine rings is 1. The van der Waals surface area contributed by atoms with Crippen molar-refractivity contribution in [2.24, 2.45) is 0 Å². The predicted octanol–water partition coefficient (Wildman–Crippen LogP) is 3.32. The van der Waals surface area contributed by atoms with Crippen LogP contribution in [0.15, 0.2) is 60.8 Å². The summed E-state index contributed by atoms with van der Waals surface area (Å²) in [6.07, 6.45) is 2.67. The van der Waals surface area contributed by atoms with Crippen molar-refractivity contribution in [3.8, 4) is 0 Å². The summed E-state index contributed by atoms with van der Waals surface area (Å²) in [6, 6.07) is 18.4. The highest BCUT2D eigenvalue weighted by Gasteiger charge is 2.03. The summed E-state index contributed by atoms with van der Waals surface area (Å²) in [4.78, 5) is 4.50. The lowest BCUT2D eigenvalue weighted by atomic mass is 10.0. The first-order valence-corrected chi connectivity index (χ1v) is 6.38. The van der Waals surface area contributed by atoms with Gasteiger partial charge in [-0.25, -0.2) is 0 Å². The molecule has 0 unspecified atom stereocenters. The molecule has 0 aliphatic rings. The van der Waals surface area contributed by atoms with E-state index < -0.39 is 0 Å². The molecule has 3 rings (SSSR count). The normalized spacial score (nSPS) is 10.8. The maximum absolute atomic E-state index is 9.05. The lowest BCUT2D eigenvalue weighted by Crippen LogP contribution is -1.94. The zero-order valence-electron chi connectivity index (χ0n) is 10.6. The van der Waals surface area contributed by atoms with Gasteiger partial charge < -0.3 is 5.11 Å². The summed E-state index contributed by atoms with van der Waals surface area (Å²) in [5.74, 6) is 0. The molecule has 0 saturated heterocycles. The molecule has 0 saturated carbocycles. The summed E-state index contributed by atoms with van der Waals surface area (Å²) in [5.41, 5.74) is 3.24. The topological polar surface area (TPSA) is 33.1 Å². The molecular formula is C17H15NO. The minimum absolute atomic E-state index is 0.0901. The molecule has 0 radical (unpaired) electrons. The third-order valence-electron chi connectivity index (χ3n) is 3.33. The van der Waals surface area contributed by atoms with E-state index in [0.29, 0.717) is 0 Å². The van der Waals surface area contributed by atoms with Gasteiger partial charge in [-0.15, -0.1) is 0 Å². The molecule has 94 valence electrons. The first kappa shape index (κ1) is 11.9. The third-order valence-corrected chi connectivity index (χ3v) is 3.33. The number of benzene rings is 2. The smallest absolute Gasteiger partial charge is 0.0681 e. The summed E-state index contributed by atoms with van der Waals surface area (Å²) in [7, 11) is 0. The van der Waals surface area contributed by atoms with Gasteiger partial charge in [-0.1, -0.05) is 48.5 Å². The molecule has 2 aromatic carbocycles. The van der Waals surface area contributed by atoms with E-state index in [2.05, 4.69) is 29.2 Å². The lowest BCUT2D eigenvalue weighted by molar-refractivity contribution is 0.282. The van der Waals surface area contributed by atoms with Crippen molar-refractivity contribution in [2.45, 2.75) is 13.0 Å². The van der Waals surface area contributed by atoms with Crippen LogP contribution in [0.4, 0.5) is 0 Å². The van der Waals surface area contributed by atoms with Crippen molar-refractivity contribution in [3.63, 3.8) is 0 Å². The lowest BCUT2D eigenvalue weighted by Gasteiger charge is -2.06. The highest BCUT2D eigenvalue weighted by molar-refractivity contribution is 5.84. The number of hydrogen-bond donors (Lipinski definition) is 1. The molecule has 2 heteroatoms. The Hall–Kier alpha value is -2.19. The number of hydrogen-bond acceptors (Lipinski definition) is 2. The first-order valence-electron chi connectivity index (χ1n) is 6.38. The van der Waals surface area contributed by atoms with Crippen molar-refractivity contribution in [3.05, 3.63) is 77.6 Å². The molecule has 0 spiro atoms. The Morgan fingerprint density at radius 2 is 1.58 bits per heavy atom. The zero-order valence-corrected chi connectivity index (χ0v) is 10.6. The molecule has 0 amide bonds. The van der Waals surface area contributed by atoms with Gasteiger partial charge in [0.05, 0.1) is 12.3 Å². The molecule has 0 aliphatic carbocycles. The quantitative estimate of drug-likeness (QED) is 0.772. The van der Waals surface area contributed by atoms with Crippen LogP contribution in [-0.2, 0) is 13.0 Å². The third kappa shape index (κ3) is 2.49. The van der Waals surface area contributed by atoms with E-state index >= 15 is 0 Å². The van der Waals surface area contributed by atoms with E-state index in [-0.39, 0.29) is 6.61 Å². The largest absolute Gasteiger partial charge is 0.392 e. The van der Waals surface area contributed by atoms with E-state index in [0.717, 1.165) is 17.7 Å². The maximum Gasteiger partial charge on any atom is 0.0681 e. The van der Waals surface area contributed by atoms with Crippen LogP contribution in [0.1, 0.15) is 16.8 Å². The van der Waals surface area contributed by atoms with E-state index in [4.69, 9.17) is 5.11 Å². The second-order valence-corrected chi connectivity index (χ2v) is 4.63. The molecule has 2 nitrogen and oxygen atoms in total. The van der Waals surface area contributed by atoms with Crippen LogP contribution in [0.3, 0.4) is 0 Å². The minimum Gasteiger partial charge on any atom is -0.392 e. The van der Waals surface area contributed by atoms with Crippen molar-refractivity contribution in [1.29, 1.82) is 0 Å². The molecule has 1 N–H and O–H groups in total. The number of aromatic nitrogens is 1. The molecule has 0 fully saturated rings. The zero-order chi connectivity index (χ0) is 13.1. The fourth-order valence-electron chi connectivity index (χ4n) is 2.28. The second kappa shape index (κ2) is 5.21. The van der Waals surface area contributed by atoms with Crippen molar-refractivity contribution in [1.82, 2.24) is 4.98 Å². The van der Waals surface area contributed by atoms with Crippen LogP contribution in [0.5, 0.6) is 0 Å². The Morgan fingerprint density at radius 3 is 2.37 bits per heavy atom. The molecule has 3 aromatic rings.